The SMILES string of the molecule is CCNC(C=C(C)C)c1cncs1. The van der Waals surface area contributed by atoms with Crippen LogP contribution in [0.3, 0.4) is 0 Å². The zero-order chi connectivity index (χ0) is 9.68. The maximum Gasteiger partial charge on any atom is 0.0794 e. The van der Waals surface area contributed by atoms with Gasteiger partial charge in [-0.1, -0.05) is 18.6 Å². The molecule has 0 radical (unpaired) electrons. The highest BCUT2D eigenvalue weighted by Gasteiger charge is 2.07. The van der Waals surface area contributed by atoms with Gasteiger partial charge in [0, 0.05) is 11.1 Å². The molecule has 72 valence electrons. The summed E-state index contributed by atoms with van der Waals surface area (Å²) in [7, 11) is 0. The molecule has 1 atom stereocenters. The molecule has 0 amide bonds. The number of likely N-dealkylation sites (N-methyl/N-ethyl adjacent to an activating group) is 1. The van der Waals surface area contributed by atoms with Gasteiger partial charge in [0.2, 0.25) is 0 Å². The van der Waals surface area contributed by atoms with E-state index in [0.717, 1.165) is 6.54 Å². The van der Waals surface area contributed by atoms with Gasteiger partial charge in [-0.3, -0.25) is 4.98 Å². The summed E-state index contributed by atoms with van der Waals surface area (Å²) >= 11 is 1.69. The molecular weight excluding hydrogens is 180 g/mol. The molecule has 0 spiro atoms. The summed E-state index contributed by atoms with van der Waals surface area (Å²) < 4.78 is 0. The van der Waals surface area contributed by atoms with E-state index in [1.54, 1.807) is 11.3 Å². The van der Waals surface area contributed by atoms with Gasteiger partial charge in [-0.15, -0.1) is 11.3 Å². The van der Waals surface area contributed by atoms with Crippen molar-refractivity contribution in [2.24, 2.45) is 0 Å². The third-order valence-electron chi connectivity index (χ3n) is 1.68. The third-order valence-corrected chi connectivity index (χ3v) is 2.54. The van der Waals surface area contributed by atoms with Crippen molar-refractivity contribution >= 4 is 11.3 Å². The van der Waals surface area contributed by atoms with E-state index < -0.39 is 0 Å². The van der Waals surface area contributed by atoms with Crippen LogP contribution in [0.15, 0.2) is 23.4 Å². The van der Waals surface area contributed by atoms with E-state index >= 15 is 0 Å². The average molecular weight is 196 g/mol. The van der Waals surface area contributed by atoms with Crippen LogP contribution in [0, 0.1) is 0 Å². The van der Waals surface area contributed by atoms with E-state index in [1.807, 2.05) is 11.7 Å². The second kappa shape index (κ2) is 5.14. The molecule has 1 heterocycles. The molecule has 1 rings (SSSR count). The zero-order valence-corrected chi connectivity index (χ0v) is 9.19. The van der Waals surface area contributed by atoms with Gasteiger partial charge in [0.15, 0.2) is 0 Å². The second-order valence-corrected chi connectivity index (χ2v) is 4.10. The lowest BCUT2D eigenvalue weighted by atomic mass is 10.2. The molecule has 0 aliphatic heterocycles. The molecule has 2 nitrogen and oxygen atoms in total. The number of allylic oxidation sites excluding steroid dienone is 1. The number of nitrogens with one attached hydrogen (secondary N) is 1. The molecule has 13 heavy (non-hydrogen) atoms. The first-order valence-corrected chi connectivity index (χ1v) is 5.38. The summed E-state index contributed by atoms with van der Waals surface area (Å²) in [4.78, 5) is 5.36. The molecule has 1 N–H and O–H groups in total. The Morgan fingerprint density at radius 1 is 1.69 bits per heavy atom. The van der Waals surface area contributed by atoms with Crippen molar-refractivity contribution in [3.05, 3.63) is 28.2 Å². The smallest absolute Gasteiger partial charge is 0.0794 e. The Labute approximate surface area is 83.7 Å². The minimum absolute atomic E-state index is 0.336. The highest BCUT2D eigenvalue weighted by molar-refractivity contribution is 7.09. The van der Waals surface area contributed by atoms with Gasteiger partial charge < -0.3 is 5.32 Å². The van der Waals surface area contributed by atoms with Crippen LogP contribution in [0.4, 0.5) is 0 Å². The van der Waals surface area contributed by atoms with Crippen LogP contribution in [0.2, 0.25) is 0 Å². The Morgan fingerprint density at radius 2 is 2.46 bits per heavy atom. The van der Waals surface area contributed by atoms with Crippen molar-refractivity contribution < 1.29 is 0 Å². The van der Waals surface area contributed by atoms with Crippen molar-refractivity contribution in [2.45, 2.75) is 26.8 Å². The molecule has 0 fully saturated rings. The lowest BCUT2D eigenvalue weighted by Crippen LogP contribution is -2.18. The van der Waals surface area contributed by atoms with Crippen LogP contribution < -0.4 is 5.32 Å². The highest BCUT2D eigenvalue weighted by atomic mass is 32.1. The Morgan fingerprint density at radius 3 is 2.92 bits per heavy atom. The average Bonchev–Trinajstić information content (AvgIpc) is 2.54. The van der Waals surface area contributed by atoms with Gasteiger partial charge >= 0.3 is 0 Å². The predicted molar refractivity (Wildman–Crippen MR) is 58.0 cm³/mol. The van der Waals surface area contributed by atoms with E-state index in [-0.39, 0.29) is 0 Å². The molecule has 0 aliphatic rings. The first-order chi connectivity index (χ1) is 6.24. The molecule has 0 aliphatic carbocycles. The fraction of sp³-hybridized carbons (Fsp3) is 0.500. The summed E-state index contributed by atoms with van der Waals surface area (Å²) in [5.74, 6) is 0. The monoisotopic (exact) mass is 196 g/mol. The Hall–Kier alpha value is -0.670. The Balaban J connectivity index is 2.74. The van der Waals surface area contributed by atoms with E-state index in [0.29, 0.717) is 6.04 Å². The normalized spacial score (nSPS) is 12.5. The van der Waals surface area contributed by atoms with Gasteiger partial charge in [-0.25, -0.2) is 0 Å². The van der Waals surface area contributed by atoms with Crippen LogP contribution in [-0.2, 0) is 0 Å². The van der Waals surface area contributed by atoms with Crippen LogP contribution >= 0.6 is 11.3 Å². The van der Waals surface area contributed by atoms with Crippen LogP contribution in [0.5, 0.6) is 0 Å². The molecule has 1 aromatic rings. The van der Waals surface area contributed by atoms with Crippen LogP contribution in [0.25, 0.3) is 0 Å². The van der Waals surface area contributed by atoms with Gasteiger partial charge in [0.25, 0.3) is 0 Å². The molecule has 0 aromatic carbocycles. The first kappa shape index (κ1) is 10.4. The van der Waals surface area contributed by atoms with Gasteiger partial charge in [0.1, 0.15) is 0 Å². The molecule has 1 unspecified atom stereocenters. The molecule has 0 saturated heterocycles. The molecule has 1 aromatic heterocycles. The first-order valence-electron chi connectivity index (χ1n) is 4.50. The fourth-order valence-corrected chi connectivity index (χ4v) is 1.84. The van der Waals surface area contributed by atoms with Crippen molar-refractivity contribution in [3.8, 4) is 0 Å². The predicted octanol–water partition coefficient (Wildman–Crippen LogP) is 2.76. The van der Waals surface area contributed by atoms with Crippen molar-refractivity contribution in [1.29, 1.82) is 0 Å². The molecule has 3 heteroatoms. The quantitative estimate of drug-likeness (QED) is 0.749. The summed E-state index contributed by atoms with van der Waals surface area (Å²) in [5.41, 5.74) is 3.21. The summed E-state index contributed by atoms with van der Waals surface area (Å²) in [6, 6.07) is 0.336. The minimum atomic E-state index is 0.336. The van der Waals surface area contributed by atoms with Gasteiger partial charge in [0.05, 0.1) is 11.6 Å². The number of nitrogens with zero attached hydrogens (tertiary/aromatic N) is 1. The number of aromatic nitrogens is 1. The summed E-state index contributed by atoms with van der Waals surface area (Å²) in [6.07, 6.45) is 4.16. The zero-order valence-electron chi connectivity index (χ0n) is 8.37. The molecule has 0 saturated carbocycles. The third kappa shape index (κ3) is 3.28. The Bertz CT molecular complexity index is 260. The maximum absolute atomic E-state index is 4.08. The van der Waals surface area contributed by atoms with E-state index in [2.05, 4.69) is 37.1 Å². The number of hydrogen-bond donors (Lipinski definition) is 1. The summed E-state index contributed by atoms with van der Waals surface area (Å²) in [6.45, 7) is 7.33. The molecular formula is C10H16N2S. The van der Waals surface area contributed by atoms with Crippen molar-refractivity contribution in [1.82, 2.24) is 10.3 Å². The van der Waals surface area contributed by atoms with E-state index in [1.165, 1.54) is 10.5 Å². The highest BCUT2D eigenvalue weighted by Crippen LogP contribution is 2.19. The summed E-state index contributed by atoms with van der Waals surface area (Å²) in [5, 5.41) is 3.41. The van der Waals surface area contributed by atoms with Gasteiger partial charge in [-0.05, 0) is 20.4 Å². The largest absolute Gasteiger partial charge is 0.306 e. The fourth-order valence-electron chi connectivity index (χ4n) is 1.17. The second-order valence-electron chi connectivity index (χ2n) is 3.18. The lowest BCUT2D eigenvalue weighted by Gasteiger charge is -2.11. The van der Waals surface area contributed by atoms with Crippen molar-refractivity contribution in [2.75, 3.05) is 6.54 Å². The topological polar surface area (TPSA) is 24.9 Å². The number of hydrogen-bond acceptors (Lipinski definition) is 3. The van der Waals surface area contributed by atoms with E-state index in [4.69, 9.17) is 0 Å². The van der Waals surface area contributed by atoms with Crippen LogP contribution in [-0.4, -0.2) is 11.5 Å². The van der Waals surface area contributed by atoms with Crippen LogP contribution in [0.1, 0.15) is 31.7 Å². The Kier molecular flexibility index (Phi) is 4.12. The minimum Gasteiger partial charge on any atom is -0.306 e. The number of thiazole rings is 1. The maximum atomic E-state index is 4.08. The number of rotatable bonds is 4. The van der Waals surface area contributed by atoms with Crippen molar-refractivity contribution in [3.63, 3.8) is 0 Å². The molecule has 0 bridgehead atoms. The van der Waals surface area contributed by atoms with Gasteiger partial charge in [-0.2, -0.15) is 0 Å². The van der Waals surface area contributed by atoms with E-state index in [9.17, 15) is 0 Å². The standard InChI is InChI=1S/C10H16N2S/c1-4-12-9(5-8(2)3)10-6-11-7-13-10/h5-7,9,12H,4H2,1-3H3. The lowest BCUT2D eigenvalue weighted by molar-refractivity contribution is 0.653.